The van der Waals surface area contributed by atoms with Gasteiger partial charge in [-0.05, 0) is 68.0 Å². The van der Waals surface area contributed by atoms with E-state index in [1.165, 1.54) is 17.6 Å². The molecule has 3 rings (SSSR count). The molecule has 0 saturated carbocycles. The number of rotatable bonds is 8. The quantitative estimate of drug-likeness (QED) is 0.214. The summed E-state index contributed by atoms with van der Waals surface area (Å²) in [6.07, 6.45) is 2.87. The maximum atomic E-state index is 11.6. The highest BCUT2D eigenvalue weighted by Crippen LogP contribution is 2.37. The average Bonchev–Trinajstić information content (AvgIpc) is 2.69. The van der Waals surface area contributed by atoms with Crippen LogP contribution in [0.5, 0.6) is 5.75 Å². The van der Waals surface area contributed by atoms with E-state index in [2.05, 4.69) is 43.4 Å². The molecule has 6 nitrogen and oxygen atoms in total. The molecule has 0 spiro atoms. The largest absolute Gasteiger partial charge is 0.494 e. The van der Waals surface area contributed by atoms with Gasteiger partial charge in [0.2, 0.25) is 0 Å². The van der Waals surface area contributed by atoms with Gasteiger partial charge in [0.05, 0.1) is 17.2 Å². The Kier molecular flexibility index (Phi) is 7.15. The summed E-state index contributed by atoms with van der Waals surface area (Å²) in [6, 6.07) is 13.9. The Bertz CT molecular complexity index is 934. The van der Waals surface area contributed by atoms with Gasteiger partial charge in [0.25, 0.3) is 0 Å². The Balaban J connectivity index is 1.37. The predicted molar refractivity (Wildman–Crippen MR) is 125 cm³/mol. The Morgan fingerprint density at radius 1 is 1.16 bits per heavy atom. The zero-order valence-electron chi connectivity index (χ0n) is 18.7. The van der Waals surface area contributed by atoms with E-state index in [0.717, 1.165) is 34.7 Å². The summed E-state index contributed by atoms with van der Waals surface area (Å²) in [5.74, 6) is 0.744. The third-order valence-electron chi connectivity index (χ3n) is 4.94. The molecular weight excluding hydrogens is 412 g/mol. The van der Waals surface area contributed by atoms with Crippen LogP contribution < -0.4 is 10.1 Å². The van der Waals surface area contributed by atoms with Crippen molar-refractivity contribution >= 4 is 30.0 Å². The molecular formula is C24H30N2O4S. The van der Waals surface area contributed by atoms with Crippen LogP contribution in [0.1, 0.15) is 58.6 Å². The minimum atomic E-state index is -0.689. The van der Waals surface area contributed by atoms with Gasteiger partial charge in [-0.15, -0.1) is 0 Å². The summed E-state index contributed by atoms with van der Waals surface area (Å²) in [4.78, 5) is 12.6. The van der Waals surface area contributed by atoms with Crippen molar-refractivity contribution in [3.63, 3.8) is 0 Å². The van der Waals surface area contributed by atoms with E-state index in [1.54, 1.807) is 6.21 Å². The lowest BCUT2D eigenvalue weighted by molar-refractivity contribution is 0.0418. The second-order valence-electron chi connectivity index (χ2n) is 8.94. The van der Waals surface area contributed by atoms with E-state index in [-0.39, 0.29) is 5.41 Å². The summed E-state index contributed by atoms with van der Waals surface area (Å²) in [5, 5.41) is 6.70. The predicted octanol–water partition coefficient (Wildman–Crippen LogP) is 6.65. The van der Waals surface area contributed by atoms with Crippen molar-refractivity contribution < 1.29 is 18.6 Å². The Morgan fingerprint density at radius 3 is 2.61 bits per heavy atom. The molecule has 0 aliphatic carbocycles. The molecule has 1 heterocycles. The van der Waals surface area contributed by atoms with Crippen LogP contribution in [0, 0.1) is 0 Å². The van der Waals surface area contributed by atoms with Crippen molar-refractivity contribution in [1.29, 1.82) is 0 Å². The number of carbonyl (C=O) groups excluding carboxylic acids is 1. The van der Waals surface area contributed by atoms with Gasteiger partial charge in [-0.2, -0.15) is 0 Å². The van der Waals surface area contributed by atoms with Gasteiger partial charge in [-0.3, -0.25) is 5.32 Å². The minimum Gasteiger partial charge on any atom is -0.494 e. The number of nitrogens with zero attached hydrogens (tertiary/aromatic N) is 1. The number of carbonyl (C=O) groups is 1. The van der Waals surface area contributed by atoms with Gasteiger partial charge in [0.15, 0.2) is 0 Å². The van der Waals surface area contributed by atoms with Crippen LogP contribution in [0.15, 0.2) is 52.5 Å². The molecule has 7 heteroatoms. The van der Waals surface area contributed by atoms with Gasteiger partial charge in [0.1, 0.15) is 23.4 Å². The van der Waals surface area contributed by atoms with Crippen LogP contribution in [0.4, 0.5) is 10.5 Å². The molecule has 0 atom stereocenters. The Morgan fingerprint density at radius 2 is 1.90 bits per heavy atom. The first-order chi connectivity index (χ1) is 14.6. The van der Waals surface area contributed by atoms with E-state index >= 15 is 0 Å². The van der Waals surface area contributed by atoms with Crippen molar-refractivity contribution in [2.75, 3.05) is 11.9 Å². The van der Waals surface area contributed by atoms with Gasteiger partial charge in [-0.25, -0.2) is 4.79 Å². The maximum Gasteiger partial charge on any atom is 0.412 e. The lowest BCUT2D eigenvalue weighted by atomic mass is 9.87. The zero-order valence-corrected chi connectivity index (χ0v) is 19.5. The molecule has 1 N–H and O–H groups in total. The molecule has 1 aliphatic rings. The summed E-state index contributed by atoms with van der Waals surface area (Å²) in [5.41, 5.74) is 2.39. The average molecular weight is 443 g/mol. The number of amides is 1. The molecule has 2 aromatic rings. The molecule has 0 saturated heterocycles. The summed E-state index contributed by atoms with van der Waals surface area (Å²) in [6.45, 7) is 10.9. The second-order valence-corrected chi connectivity index (χ2v) is 9.73. The van der Waals surface area contributed by atoms with E-state index < -0.39 is 11.7 Å². The molecule has 2 aromatic carbocycles. The van der Waals surface area contributed by atoms with E-state index in [1.807, 2.05) is 44.2 Å². The number of ether oxygens (including phenoxy) is 2. The highest BCUT2D eigenvalue weighted by atomic mass is 32.2. The Hall–Kier alpha value is -2.67. The number of cyclic esters (lactones) is 1. The van der Waals surface area contributed by atoms with Crippen LogP contribution in [0.3, 0.4) is 0 Å². The SMILES string of the molecule is CC(C)(C)c1ccc(SON=CCCCOc2ccc3c(c2)C(C)(C)OC(=O)N3)cc1. The van der Waals surface area contributed by atoms with Gasteiger partial charge < -0.3 is 13.8 Å². The third kappa shape index (κ3) is 6.40. The number of fused-ring (bicyclic) bond motifs is 1. The topological polar surface area (TPSA) is 69.1 Å². The smallest absolute Gasteiger partial charge is 0.412 e. The molecule has 0 unspecified atom stereocenters. The number of nitrogens with one attached hydrogen (secondary N) is 1. The Labute approximate surface area is 188 Å². The monoisotopic (exact) mass is 442 g/mol. The van der Waals surface area contributed by atoms with Gasteiger partial charge in [0, 0.05) is 11.8 Å². The van der Waals surface area contributed by atoms with Crippen molar-refractivity contribution in [2.24, 2.45) is 5.16 Å². The van der Waals surface area contributed by atoms with Crippen LogP contribution in [-0.4, -0.2) is 18.9 Å². The highest BCUT2D eigenvalue weighted by molar-refractivity contribution is 7.94. The summed E-state index contributed by atoms with van der Waals surface area (Å²) >= 11 is 1.24. The van der Waals surface area contributed by atoms with E-state index in [0.29, 0.717) is 6.61 Å². The molecule has 31 heavy (non-hydrogen) atoms. The molecule has 0 aromatic heterocycles. The first kappa shape index (κ1) is 23.0. The number of hydrogen-bond acceptors (Lipinski definition) is 6. The van der Waals surface area contributed by atoms with E-state index in [9.17, 15) is 4.79 Å². The number of anilines is 1. The summed E-state index contributed by atoms with van der Waals surface area (Å²) < 4.78 is 16.5. The fraction of sp³-hybridized carbons (Fsp3) is 0.417. The van der Waals surface area contributed by atoms with Crippen LogP contribution in [0.25, 0.3) is 0 Å². The van der Waals surface area contributed by atoms with Crippen LogP contribution in [-0.2, 0) is 20.0 Å². The first-order valence-corrected chi connectivity index (χ1v) is 11.1. The van der Waals surface area contributed by atoms with Crippen molar-refractivity contribution in [3.8, 4) is 5.75 Å². The zero-order chi connectivity index (χ0) is 22.5. The fourth-order valence-corrected chi connectivity index (χ4v) is 3.60. The number of benzene rings is 2. The van der Waals surface area contributed by atoms with Crippen molar-refractivity contribution in [1.82, 2.24) is 0 Å². The molecule has 0 bridgehead atoms. The molecule has 0 radical (unpaired) electrons. The molecule has 1 amide bonds. The minimum absolute atomic E-state index is 0.142. The van der Waals surface area contributed by atoms with Crippen molar-refractivity contribution in [2.45, 2.75) is 63.4 Å². The van der Waals surface area contributed by atoms with Crippen LogP contribution >= 0.6 is 12.0 Å². The fourth-order valence-electron chi connectivity index (χ4n) is 3.17. The van der Waals surface area contributed by atoms with Gasteiger partial charge in [-0.1, -0.05) is 38.1 Å². The van der Waals surface area contributed by atoms with Gasteiger partial charge >= 0.3 is 6.09 Å². The number of unbranched alkanes of at least 4 members (excludes halogenated alkanes) is 1. The molecule has 0 fully saturated rings. The summed E-state index contributed by atoms with van der Waals surface area (Å²) in [7, 11) is 0. The maximum absolute atomic E-state index is 11.6. The van der Waals surface area contributed by atoms with Crippen molar-refractivity contribution in [3.05, 3.63) is 53.6 Å². The molecule has 1 aliphatic heterocycles. The third-order valence-corrected chi connectivity index (χ3v) is 5.57. The standard InChI is InChI=1S/C24H30N2O4S/c1-23(2,3)17-8-11-19(12-9-17)31-30-25-14-6-7-15-28-18-10-13-21-20(16-18)24(4,5)29-22(27)26-21/h8-14,16H,6-7,15H2,1-5H3,(H,26,27). The lowest BCUT2D eigenvalue weighted by Gasteiger charge is -2.32. The molecule has 166 valence electrons. The first-order valence-electron chi connectivity index (χ1n) is 10.4. The number of oxime groups is 1. The van der Waals surface area contributed by atoms with E-state index in [4.69, 9.17) is 13.8 Å². The highest BCUT2D eigenvalue weighted by Gasteiger charge is 2.33. The second kappa shape index (κ2) is 9.64. The number of hydrogen-bond donors (Lipinski definition) is 1. The normalized spacial score (nSPS) is 15.2. The lowest BCUT2D eigenvalue weighted by Crippen LogP contribution is -2.34. The van der Waals surface area contributed by atoms with Crippen LogP contribution in [0.2, 0.25) is 0 Å².